The van der Waals surface area contributed by atoms with E-state index in [1.165, 1.54) is 0 Å². The van der Waals surface area contributed by atoms with Gasteiger partial charge in [0.15, 0.2) is 0 Å². The van der Waals surface area contributed by atoms with E-state index < -0.39 is 0 Å². The molecule has 0 aliphatic carbocycles. The highest BCUT2D eigenvalue weighted by molar-refractivity contribution is 4.89. The quantitative estimate of drug-likeness (QED) is 0.779. The molecule has 1 N–H and O–H groups in total. The van der Waals surface area contributed by atoms with E-state index in [1.54, 1.807) is 0 Å². The Morgan fingerprint density at radius 3 is 2.20 bits per heavy atom. The van der Waals surface area contributed by atoms with Gasteiger partial charge in [0.05, 0.1) is 18.3 Å². The van der Waals surface area contributed by atoms with Gasteiger partial charge in [0.25, 0.3) is 0 Å². The van der Waals surface area contributed by atoms with Crippen LogP contribution < -0.4 is 0 Å². The Kier molecular flexibility index (Phi) is 4.60. The molecule has 1 saturated heterocycles. The van der Waals surface area contributed by atoms with Gasteiger partial charge in [-0.3, -0.25) is 0 Å². The Morgan fingerprint density at radius 1 is 1.20 bits per heavy atom. The summed E-state index contributed by atoms with van der Waals surface area (Å²) in [5.74, 6) is 1.16. The van der Waals surface area contributed by atoms with Crippen LogP contribution in [0.4, 0.5) is 0 Å². The molecule has 1 heterocycles. The number of hydrogen-bond donors (Lipinski definition) is 1. The van der Waals surface area contributed by atoms with Crippen LogP contribution in [0, 0.1) is 17.8 Å². The zero-order valence-corrected chi connectivity index (χ0v) is 10.7. The molecule has 0 amide bonds. The minimum absolute atomic E-state index is 0.198. The summed E-state index contributed by atoms with van der Waals surface area (Å²) in [6, 6.07) is 0. The van der Waals surface area contributed by atoms with Crippen molar-refractivity contribution in [3.8, 4) is 0 Å². The topological polar surface area (TPSA) is 29.5 Å². The van der Waals surface area contributed by atoms with E-state index in [-0.39, 0.29) is 18.3 Å². The molecule has 0 saturated carbocycles. The summed E-state index contributed by atoms with van der Waals surface area (Å²) in [6.45, 7) is 10.7. The maximum Gasteiger partial charge on any atom is 0.0622 e. The zero-order valence-electron chi connectivity index (χ0n) is 10.7. The molecule has 0 radical (unpaired) electrons. The van der Waals surface area contributed by atoms with Gasteiger partial charge in [0.2, 0.25) is 0 Å². The highest BCUT2D eigenvalue weighted by atomic mass is 16.5. The molecule has 6 unspecified atom stereocenters. The normalized spacial score (nSPS) is 40.4. The van der Waals surface area contributed by atoms with Crippen LogP contribution in [0.15, 0.2) is 0 Å². The molecule has 0 aromatic carbocycles. The first-order valence-corrected chi connectivity index (χ1v) is 6.32. The van der Waals surface area contributed by atoms with Crippen molar-refractivity contribution in [2.24, 2.45) is 17.8 Å². The largest absolute Gasteiger partial charge is 0.392 e. The second-order valence-electron chi connectivity index (χ2n) is 5.24. The van der Waals surface area contributed by atoms with Gasteiger partial charge in [-0.25, -0.2) is 0 Å². The highest BCUT2D eigenvalue weighted by Crippen LogP contribution is 2.37. The van der Waals surface area contributed by atoms with E-state index in [1.807, 2.05) is 0 Å². The standard InChI is InChI=1S/C13H26O2/c1-6-7-8(2)13(14)12-9(3)10(4)15-11(12)5/h8-14H,6-7H2,1-5H3. The lowest BCUT2D eigenvalue weighted by Gasteiger charge is -2.29. The van der Waals surface area contributed by atoms with Crippen LogP contribution in [-0.4, -0.2) is 23.4 Å². The predicted octanol–water partition coefficient (Wildman–Crippen LogP) is 2.84. The Bertz CT molecular complexity index is 193. The average molecular weight is 214 g/mol. The van der Waals surface area contributed by atoms with Gasteiger partial charge in [-0.1, -0.05) is 27.2 Å². The molecule has 0 aromatic rings. The summed E-state index contributed by atoms with van der Waals surface area (Å²) in [7, 11) is 0. The Labute approximate surface area is 94.0 Å². The molecular formula is C13H26O2. The van der Waals surface area contributed by atoms with E-state index in [0.29, 0.717) is 17.8 Å². The number of hydrogen-bond acceptors (Lipinski definition) is 2. The lowest BCUT2D eigenvalue weighted by atomic mass is 9.79. The SMILES string of the molecule is CCCC(C)C(O)C1C(C)OC(C)C1C. The van der Waals surface area contributed by atoms with E-state index >= 15 is 0 Å². The van der Waals surface area contributed by atoms with E-state index in [0.717, 1.165) is 12.8 Å². The van der Waals surface area contributed by atoms with Crippen LogP contribution >= 0.6 is 0 Å². The van der Waals surface area contributed by atoms with Crippen LogP contribution in [-0.2, 0) is 4.74 Å². The van der Waals surface area contributed by atoms with Gasteiger partial charge in [-0.2, -0.15) is 0 Å². The summed E-state index contributed by atoms with van der Waals surface area (Å²) in [5.41, 5.74) is 0. The van der Waals surface area contributed by atoms with Crippen LogP contribution in [0.1, 0.15) is 47.5 Å². The smallest absolute Gasteiger partial charge is 0.0622 e. The summed E-state index contributed by atoms with van der Waals surface area (Å²) < 4.78 is 5.78. The third-order valence-corrected chi connectivity index (χ3v) is 4.04. The molecule has 6 atom stereocenters. The number of aliphatic hydroxyl groups excluding tert-OH is 1. The van der Waals surface area contributed by atoms with E-state index in [9.17, 15) is 5.11 Å². The summed E-state index contributed by atoms with van der Waals surface area (Å²) in [4.78, 5) is 0. The first kappa shape index (κ1) is 13.0. The molecule has 1 rings (SSSR count). The molecule has 1 aliphatic rings. The molecule has 2 heteroatoms. The maximum atomic E-state index is 10.3. The molecule has 15 heavy (non-hydrogen) atoms. The molecule has 1 fully saturated rings. The van der Waals surface area contributed by atoms with Gasteiger partial charge in [-0.05, 0) is 32.1 Å². The van der Waals surface area contributed by atoms with E-state index in [4.69, 9.17) is 4.74 Å². The minimum atomic E-state index is -0.208. The van der Waals surface area contributed by atoms with Gasteiger partial charge >= 0.3 is 0 Å². The maximum absolute atomic E-state index is 10.3. The minimum Gasteiger partial charge on any atom is -0.392 e. The van der Waals surface area contributed by atoms with Gasteiger partial charge in [0.1, 0.15) is 0 Å². The molecule has 90 valence electrons. The van der Waals surface area contributed by atoms with Gasteiger partial charge < -0.3 is 9.84 Å². The Morgan fingerprint density at radius 2 is 1.80 bits per heavy atom. The molecule has 0 spiro atoms. The first-order chi connectivity index (χ1) is 6.99. The van der Waals surface area contributed by atoms with Crippen molar-refractivity contribution in [1.29, 1.82) is 0 Å². The number of rotatable bonds is 4. The fourth-order valence-electron chi connectivity index (χ4n) is 2.89. The van der Waals surface area contributed by atoms with Crippen LogP contribution in [0.25, 0.3) is 0 Å². The van der Waals surface area contributed by atoms with Crippen molar-refractivity contribution in [2.75, 3.05) is 0 Å². The second kappa shape index (κ2) is 5.31. The average Bonchev–Trinajstić information content (AvgIpc) is 2.41. The molecule has 2 nitrogen and oxygen atoms in total. The third-order valence-electron chi connectivity index (χ3n) is 4.04. The lowest BCUT2D eigenvalue weighted by Crippen LogP contribution is -2.35. The zero-order chi connectivity index (χ0) is 11.6. The Hall–Kier alpha value is -0.0800. The third kappa shape index (κ3) is 2.73. The van der Waals surface area contributed by atoms with Crippen LogP contribution in [0.2, 0.25) is 0 Å². The summed E-state index contributed by atoms with van der Waals surface area (Å²) in [5, 5.41) is 10.3. The lowest BCUT2D eigenvalue weighted by molar-refractivity contribution is 0.000824. The van der Waals surface area contributed by atoms with Gasteiger partial charge in [0, 0.05) is 5.92 Å². The van der Waals surface area contributed by atoms with Crippen molar-refractivity contribution in [3.63, 3.8) is 0 Å². The fourth-order valence-corrected chi connectivity index (χ4v) is 2.89. The first-order valence-electron chi connectivity index (χ1n) is 6.32. The van der Waals surface area contributed by atoms with Gasteiger partial charge in [-0.15, -0.1) is 0 Å². The molecule has 0 bridgehead atoms. The second-order valence-corrected chi connectivity index (χ2v) is 5.24. The monoisotopic (exact) mass is 214 g/mol. The highest BCUT2D eigenvalue weighted by Gasteiger charge is 2.42. The predicted molar refractivity (Wildman–Crippen MR) is 62.7 cm³/mol. The summed E-state index contributed by atoms with van der Waals surface area (Å²) >= 11 is 0. The van der Waals surface area contributed by atoms with E-state index in [2.05, 4.69) is 34.6 Å². The van der Waals surface area contributed by atoms with Crippen molar-refractivity contribution >= 4 is 0 Å². The van der Waals surface area contributed by atoms with Crippen LogP contribution in [0.5, 0.6) is 0 Å². The van der Waals surface area contributed by atoms with Crippen LogP contribution in [0.3, 0.4) is 0 Å². The summed E-state index contributed by atoms with van der Waals surface area (Å²) in [6.07, 6.45) is 2.52. The van der Waals surface area contributed by atoms with Crippen molar-refractivity contribution < 1.29 is 9.84 Å². The molecule has 1 aliphatic heterocycles. The number of aliphatic hydroxyl groups is 1. The Balaban J connectivity index is 2.61. The molecular weight excluding hydrogens is 188 g/mol. The van der Waals surface area contributed by atoms with Crippen molar-refractivity contribution in [3.05, 3.63) is 0 Å². The van der Waals surface area contributed by atoms with Crippen molar-refractivity contribution in [2.45, 2.75) is 65.8 Å². The number of ether oxygens (including phenoxy) is 1. The van der Waals surface area contributed by atoms with Crippen molar-refractivity contribution in [1.82, 2.24) is 0 Å². The molecule has 0 aromatic heterocycles. The fraction of sp³-hybridized carbons (Fsp3) is 1.00.